The van der Waals surface area contributed by atoms with Gasteiger partial charge in [0.15, 0.2) is 0 Å². The number of amides is 1. The molecule has 3 rings (SSSR count). The van der Waals surface area contributed by atoms with Crippen LogP contribution in [-0.4, -0.2) is 43.0 Å². The second-order valence-corrected chi connectivity index (χ2v) is 8.58. The van der Waals surface area contributed by atoms with Crippen LogP contribution >= 0.6 is 0 Å². The van der Waals surface area contributed by atoms with Gasteiger partial charge in [-0.2, -0.15) is 0 Å². The minimum atomic E-state index is -3.22. The molecule has 23 heavy (non-hydrogen) atoms. The molecule has 1 saturated heterocycles. The van der Waals surface area contributed by atoms with Crippen LogP contribution in [-0.2, 0) is 14.8 Å². The molecule has 6 heteroatoms. The van der Waals surface area contributed by atoms with E-state index < -0.39 is 10.0 Å². The van der Waals surface area contributed by atoms with Crippen LogP contribution in [0.25, 0.3) is 0 Å². The van der Waals surface area contributed by atoms with Crippen molar-refractivity contribution in [1.29, 1.82) is 0 Å². The monoisotopic (exact) mass is 336 g/mol. The van der Waals surface area contributed by atoms with E-state index in [9.17, 15) is 13.2 Å². The fourth-order valence-electron chi connectivity index (χ4n) is 3.33. The summed E-state index contributed by atoms with van der Waals surface area (Å²) in [5.41, 5.74) is 1.12. The maximum absolute atomic E-state index is 12.8. The first-order chi connectivity index (χ1) is 11.0. The number of hydrogen-bond donors (Lipinski definition) is 1. The number of piperidine rings is 1. The summed E-state index contributed by atoms with van der Waals surface area (Å²) in [7, 11) is -3.22. The predicted octanol–water partition coefficient (Wildman–Crippen LogP) is 1.86. The van der Waals surface area contributed by atoms with Crippen LogP contribution in [0.3, 0.4) is 0 Å². The van der Waals surface area contributed by atoms with E-state index in [-0.39, 0.29) is 23.1 Å². The summed E-state index contributed by atoms with van der Waals surface area (Å²) in [6, 6.07) is 9.99. The first-order valence-electron chi connectivity index (χ1n) is 8.35. The standard InChI is InChI=1S/C17H24N2O3S/c1-2-17(20)18-14-8-10-19(11-9-14)23(21,22)16-12-15(16)13-6-4-3-5-7-13/h3-7,14-16H,2,8-12H2,1H3,(H,18,20)/t15-,16+/m0/s1. The first-order valence-corrected chi connectivity index (χ1v) is 9.86. The summed E-state index contributed by atoms with van der Waals surface area (Å²) in [4.78, 5) is 11.4. The van der Waals surface area contributed by atoms with Gasteiger partial charge < -0.3 is 5.32 Å². The zero-order valence-corrected chi connectivity index (χ0v) is 14.3. The zero-order chi connectivity index (χ0) is 16.4. The second kappa shape index (κ2) is 6.61. The quantitative estimate of drug-likeness (QED) is 0.892. The van der Waals surface area contributed by atoms with Crippen LogP contribution in [0.1, 0.15) is 44.1 Å². The molecule has 126 valence electrons. The summed E-state index contributed by atoms with van der Waals surface area (Å²) in [5, 5.41) is 2.69. The molecule has 5 nitrogen and oxygen atoms in total. The number of nitrogens with one attached hydrogen (secondary N) is 1. The van der Waals surface area contributed by atoms with Gasteiger partial charge in [-0.3, -0.25) is 4.79 Å². The van der Waals surface area contributed by atoms with Gasteiger partial charge in [-0.05, 0) is 24.8 Å². The summed E-state index contributed by atoms with van der Waals surface area (Å²) >= 11 is 0. The Morgan fingerprint density at radius 1 is 1.22 bits per heavy atom. The molecule has 1 aliphatic carbocycles. The zero-order valence-electron chi connectivity index (χ0n) is 13.4. The highest BCUT2D eigenvalue weighted by atomic mass is 32.2. The van der Waals surface area contributed by atoms with Crippen LogP contribution in [0, 0.1) is 0 Å². The van der Waals surface area contributed by atoms with Crippen molar-refractivity contribution in [2.75, 3.05) is 13.1 Å². The topological polar surface area (TPSA) is 66.5 Å². The van der Waals surface area contributed by atoms with Crippen molar-refractivity contribution in [2.45, 2.75) is 49.8 Å². The molecule has 2 atom stereocenters. The third-order valence-corrected chi connectivity index (χ3v) is 7.21. The van der Waals surface area contributed by atoms with Gasteiger partial charge in [-0.15, -0.1) is 0 Å². The highest BCUT2D eigenvalue weighted by Gasteiger charge is 2.50. The number of carbonyl (C=O) groups is 1. The molecule has 0 unspecified atom stereocenters. The Labute approximate surface area is 138 Å². The Morgan fingerprint density at radius 3 is 2.48 bits per heavy atom. The van der Waals surface area contributed by atoms with Crippen molar-refractivity contribution in [2.24, 2.45) is 0 Å². The summed E-state index contributed by atoms with van der Waals surface area (Å²) < 4.78 is 27.1. The van der Waals surface area contributed by atoms with Crippen molar-refractivity contribution >= 4 is 15.9 Å². The van der Waals surface area contributed by atoms with Crippen molar-refractivity contribution < 1.29 is 13.2 Å². The Hall–Kier alpha value is -1.40. The van der Waals surface area contributed by atoms with Crippen LogP contribution in [0.15, 0.2) is 30.3 Å². The minimum Gasteiger partial charge on any atom is -0.353 e. The number of benzene rings is 1. The molecule has 1 saturated carbocycles. The number of sulfonamides is 1. The van der Waals surface area contributed by atoms with Crippen molar-refractivity contribution in [3.05, 3.63) is 35.9 Å². The molecule has 1 aliphatic heterocycles. The van der Waals surface area contributed by atoms with Gasteiger partial charge in [0.05, 0.1) is 5.25 Å². The van der Waals surface area contributed by atoms with E-state index in [1.54, 1.807) is 4.31 Å². The van der Waals surface area contributed by atoms with Gasteiger partial charge in [0.2, 0.25) is 15.9 Å². The molecule has 0 spiro atoms. The highest BCUT2D eigenvalue weighted by molar-refractivity contribution is 7.90. The van der Waals surface area contributed by atoms with Crippen LogP contribution in [0.5, 0.6) is 0 Å². The fourth-order valence-corrected chi connectivity index (χ4v) is 5.45. The van der Waals surface area contributed by atoms with E-state index in [2.05, 4.69) is 5.32 Å². The molecule has 1 aromatic rings. The lowest BCUT2D eigenvalue weighted by atomic mass is 10.1. The molecule has 2 fully saturated rings. The number of hydrogen-bond acceptors (Lipinski definition) is 3. The van der Waals surface area contributed by atoms with E-state index in [0.29, 0.717) is 32.4 Å². The number of rotatable bonds is 5. The maximum Gasteiger partial charge on any atom is 0.219 e. The van der Waals surface area contributed by atoms with E-state index in [0.717, 1.165) is 12.0 Å². The lowest BCUT2D eigenvalue weighted by Crippen LogP contribution is -2.47. The third-order valence-electron chi connectivity index (χ3n) is 4.84. The summed E-state index contributed by atoms with van der Waals surface area (Å²) in [6.45, 7) is 2.84. The number of nitrogens with zero attached hydrogens (tertiary/aromatic N) is 1. The Bertz CT molecular complexity index is 652. The Balaban J connectivity index is 1.57. The molecule has 2 aliphatic rings. The van der Waals surface area contributed by atoms with Gasteiger partial charge in [-0.1, -0.05) is 37.3 Å². The van der Waals surface area contributed by atoms with E-state index in [4.69, 9.17) is 0 Å². The van der Waals surface area contributed by atoms with E-state index in [1.807, 2.05) is 37.3 Å². The maximum atomic E-state index is 12.8. The van der Waals surface area contributed by atoms with Crippen LogP contribution < -0.4 is 5.32 Å². The molecular weight excluding hydrogens is 312 g/mol. The van der Waals surface area contributed by atoms with Gasteiger partial charge in [0.1, 0.15) is 0 Å². The lowest BCUT2D eigenvalue weighted by molar-refractivity contribution is -0.121. The highest BCUT2D eigenvalue weighted by Crippen LogP contribution is 2.47. The molecule has 1 amide bonds. The summed E-state index contributed by atoms with van der Waals surface area (Å²) in [6.07, 6.45) is 2.60. The smallest absolute Gasteiger partial charge is 0.219 e. The van der Waals surface area contributed by atoms with Gasteiger partial charge in [0, 0.05) is 31.5 Å². The lowest BCUT2D eigenvalue weighted by Gasteiger charge is -2.31. The average Bonchev–Trinajstić information content (AvgIpc) is 3.37. The summed E-state index contributed by atoms with van der Waals surface area (Å²) in [5.74, 6) is 0.177. The van der Waals surface area contributed by atoms with Gasteiger partial charge in [0.25, 0.3) is 0 Å². The van der Waals surface area contributed by atoms with Crippen molar-refractivity contribution in [3.63, 3.8) is 0 Å². The molecule has 1 heterocycles. The largest absolute Gasteiger partial charge is 0.353 e. The Morgan fingerprint density at radius 2 is 1.87 bits per heavy atom. The SMILES string of the molecule is CCC(=O)NC1CCN(S(=O)(=O)[C@@H]2C[C@H]2c2ccccc2)CC1. The van der Waals surface area contributed by atoms with Crippen molar-refractivity contribution in [1.82, 2.24) is 9.62 Å². The number of carbonyl (C=O) groups excluding carboxylic acids is 1. The predicted molar refractivity (Wildman–Crippen MR) is 89.5 cm³/mol. The minimum absolute atomic E-state index is 0.0395. The van der Waals surface area contributed by atoms with Crippen LogP contribution in [0.2, 0.25) is 0 Å². The molecule has 1 N–H and O–H groups in total. The average molecular weight is 336 g/mol. The first kappa shape index (κ1) is 16.5. The Kier molecular flexibility index (Phi) is 4.73. The van der Waals surface area contributed by atoms with Gasteiger partial charge in [-0.25, -0.2) is 12.7 Å². The molecule has 0 aromatic heterocycles. The van der Waals surface area contributed by atoms with Crippen molar-refractivity contribution in [3.8, 4) is 0 Å². The van der Waals surface area contributed by atoms with Crippen LogP contribution in [0.4, 0.5) is 0 Å². The fraction of sp³-hybridized carbons (Fsp3) is 0.588. The van der Waals surface area contributed by atoms with E-state index >= 15 is 0 Å². The van der Waals surface area contributed by atoms with Gasteiger partial charge >= 0.3 is 0 Å². The molecular formula is C17H24N2O3S. The molecule has 0 radical (unpaired) electrons. The second-order valence-electron chi connectivity index (χ2n) is 6.43. The normalized spacial score (nSPS) is 26.0. The molecule has 0 bridgehead atoms. The molecule has 1 aromatic carbocycles. The van der Waals surface area contributed by atoms with E-state index in [1.165, 1.54) is 0 Å². The third kappa shape index (κ3) is 3.58.